The van der Waals surface area contributed by atoms with Gasteiger partial charge in [-0.3, -0.25) is 0 Å². The fraction of sp³-hybridized carbons (Fsp3) is 0.0833. The predicted octanol–water partition coefficient (Wildman–Crippen LogP) is 2.47. The molecule has 14 heavy (non-hydrogen) atoms. The normalized spacial score (nSPS) is 10.0. The minimum absolute atomic E-state index is 0.393. The van der Waals surface area contributed by atoms with E-state index in [4.69, 9.17) is 0 Å². The zero-order chi connectivity index (χ0) is 10.2. The van der Waals surface area contributed by atoms with Gasteiger partial charge in [-0.25, -0.2) is 4.79 Å². The number of carbonyl (C=O) groups is 1. The molecule has 1 aromatic rings. The Hall–Kier alpha value is -1.83. The first kappa shape index (κ1) is 10.3. The molecule has 0 amide bonds. The maximum atomic E-state index is 10.9. The first-order valence-corrected chi connectivity index (χ1v) is 4.35. The molecule has 0 saturated heterocycles. The van der Waals surface area contributed by atoms with Crippen molar-refractivity contribution in [3.63, 3.8) is 0 Å². The molecule has 0 N–H and O–H groups in total. The first-order chi connectivity index (χ1) is 6.83. The molecule has 0 aromatic heterocycles. The average Bonchev–Trinajstić information content (AvgIpc) is 2.20. The number of ether oxygens (including phenoxy) is 1. The molecule has 0 aliphatic carbocycles. The molecular weight excluding hydrogens is 176 g/mol. The highest BCUT2D eigenvalue weighted by molar-refractivity contribution is 5.82. The van der Waals surface area contributed by atoms with Gasteiger partial charge in [0.1, 0.15) is 0 Å². The Bertz CT molecular complexity index is 325. The molecule has 0 aliphatic rings. The molecule has 0 atom stereocenters. The van der Waals surface area contributed by atoms with Crippen LogP contribution < -0.4 is 0 Å². The fourth-order valence-corrected chi connectivity index (χ4v) is 1.03. The van der Waals surface area contributed by atoms with Crippen molar-refractivity contribution in [1.82, 2.24) is 0 Å². The summed E-state index contributed by atoms with van der Waals surface area (Å²) in [6.45, 7) is 3.29. The minimum atomic E-state index is -0.393. The molecule has 72 valence electrons. The van der Waals surface area contributed by atoms with Crippen molar-refractivity contribution in [2.45, 2.75) is 6.42 Å². The lowest BCUT2D eigenvalue weighted by Gasteiger charge is -1.94. The van der Waals surface area contributed by atoms with E-state index in [1.165, 1.54) is 6.08 Å². The van der Waals surface area contributed by atoms with E-state index in [9.17, 15) is 4.79 Å². The molecule has 1 rings (SSSR count). The lowest BCUT2D eigenvalue weighted by Crippen LogP contribution is -1.93. The number of esters is 1. The minimum Gasteiger partial charge on any atom is -0.432 e. The van der Waals surface area contributed by atoms with Crippen LogP contribution in [0.2, 0.25) is 0 Å². The quantitative estimate of drug-likeness (QED) is 0.412. The number of hydrogen-bond acceptors (Lipinski definition) is 2. The molecule has 0 unspecified atom stereocenters. The Kier molecular flexibility index (Phi) is 4.21. The predicted molar refractivity (Wildman–Crippen MR) is 55.6 cm³/mol. The molecule has 0 radical (unpaired) electrons. The lowest BCUT2D eigenvalue weighted by molar-refractivity contribution is -0.132. The van der Waals surface area contributed by atoms with E-state index < -0.39 is 5.97 Å². The number of benzene rings is 1. The van der Waals surface area contributed by atoms with E-state index in [-0.39, 0.29) is 0 Å². The molecule has 0 spiro atoms. The third-order valence-electron chi connectivity index (χ3n) is 1.65. The summed E-state index contributed by atoms with van der Waals surface area (Å²) in [6, 6.07) is 9.89. The van der Waals surface area contributed by atoms with Crippen molar-refractivity contribution >= 4 is 5.97 Å². The molecule has 0 heterocycles. The maximum Gasteiger partial charge on any atom is 0.335 e. The third-order valence-corrected chi connectivity index (χ3v) is 1.65. The van der Waals surface area contributed by atoms with Gasteiger partial charge in [0.2, 0.25) is 0 Å². The Balaban J connectivity index is 2.41. The van der Waals surface area contributed by atoms with Crippen molar-refractivity contribution in [1.29, 1.82) is 0 Å². The molecule has 0 saturated carbocycles. The Morgan fingerprint density at radius 2 is 2.07 bits per heavy atom. The second-order valence-corrected chi connectivity index (χ2v) is 2.70. The summed E-state index contributed by atoms with van der Waals surface area (Å²) in [7, 11) is 0. The van der Waals surface area contributed by atoms with E-state index >= 15 is 0 Å². The van der Waals surface area contributed by atoms with Gasteiger partial charge in [-0.1, -0.05) is 43.0 Å². The van der Waals surface area contributed by atoms with Gasteiger partial charge in [0, 0.05) is 6.08 Å². The zero-order valence-electron chi connectivity index (χ0n) is 7.85. The number of allylic oxidation sites excluding steroid dienone is 1. The molecule has 2 heteroatoms. The van der Waals surface area contributed by atoms with Crippen molar-refractivity contribution < 1.29 is 9.53 Å². The average molecular weight is 188 g/mol. The summed E-state index contributed by atoms with van der Waals surface area (Å²) in [5.74, 6) is -0.393. The van der Waals surface area contributed by atoms with Crippen LogP contribution in [0.1, 0.15) is 5.56 Å². The van der Waals surface area contributed by atoms with Crippen LogP contribution in [0.25, 0.3) is 0 Å². The van der Waals surface area contributed by atoms with Crippen LogP contribution in [0.4, 0.5) is 0 Å². The van der Waals surface area contributed by atoms with Crippen molar-refractivity contribution in [2.24, 2.45) is 0 Å². The lowest BCUT2D eigenvalue weighted by atomic mass is 10.1. The summed E-state index contributed by atoms with van der Waals surface area (Å²) < 4.78 is 4.52. The van der Waals surface area contributed by atoms with Gasteiger partial charge in [-0.15, -0.1) is 0 Å². The zero-order valence-corrected chi connectivity index (χ0v) is 7.85. The Labute approximate surface area is 83.5 Å². The van der Waals surface area contributed by atoms with Gasteiger partial charge >= 0.3 is 5.97 Å². The smallest absolute Gasteiger partial charge is 0.335 e. The standard InChI is InChI=1S/C12H12O2/c1-2-14-12(13)10-6-9-11-7-4-3-5-8-11/h2-8,10H,1,9H2/b10-6+. The Morgan fingerprint density at radius 1 is 1.36 bits per heavy atom. The van der Waals surface area contributed by atoms with Gasteiger partial charge in [0.15, 0.2) is 0 Å². The van der Waals surface area contributed by atoms with Crippen LogP contribution in [0.5, 0.6) is 0 Å². The molecule has 0 fully saturated rings. The third kappa shape index (κ3) is 3.72. The largest absolute Gasteiger partial charge is 0.432 e. The summed E-state index contributed by atoms with van der Waals surface area (Å²) in [6.07, 6.45) is 5.01. The summed E-state index contributed by atoms with van der Waals surface area (Å²) in [5.41, 5.74) is 1.16. The molecule has 0 aliphatic heterocycles. The summed E-state index contributed by atoms with van der Waals surface area (Å²) in [5, 5.41) is 0. The second-order valence-electron chi connectivity index (χ2n) is 2.70. The molecule has 0 bridgehead atoms. The highest BCUT2D eigenvalue weighted by Gasteiger charge is 1.91. The van der Waals surface area contributed by atoms with Crippen LogP contribution in [0, 0.1) is 0 Å². The van der Waals surface area contributed by atoms with E-state index in [0.717, 1.165) is 18.2 Å². The van der Waals surface area contributed by atoms with Gasteiger partial charge in [0.05, 0.1) is 6.26 Å². The second kappa shape index (κ2) is 5.75. The number of carbonyl (C=O) groups excluding carboxylic acids is 1. The first-order valence-electron chi connectivity index (χ1n) is 4.35. The fourth-order valence-electron chi connectivity index (χ4n) is 1.03. The highest BCUT2D eigenvalue weighted by Crippen LogP contribution is 2.00. The van der Waals surface area contributed by atoms with Crippen LogP contribution in [0.3, 0.4) is 0 Å². The van der Waals surface area contributed by atoms with Crippen LogP contribution >= 0.6 is 0 Å². The van der Waals surface area contributed by atoms with Crippen LogP contribution in [-0.4, -0.2) is 5.97 Å². The van der Waals surface area contributed by atoms with Crippen molar-refractivity contribution in [2.75, 3.05) is 0 Å². The summed E-state index contributed by atoms with van der Waals surface area (Å²) >= 11 is 0. The molecule has 2 nitrogen and oxygen atoms in total. The van der Waals surface area contributed by atoms with E-state index in [1.54, 1.807) is 6.08 Å². The SMILES string of the molecule is C=COC(=O)/C=C/Cc1ccccc1. The number of hydrogen-bond donors (Lipinski definition) is 0. The molecule has 1 aromatic carbocycles. The molecular formula is C12H12O2. The van der Waals surface area contributed by atoms with E-state index in [0.29, 0.717) is 0 Å². The topological polar surface area (TPSA) is 26.3 Å². The van der Waals surface area contributed by atoms with Crippen LogP contribution in [-0.2, 0) is 16.0 Å². The summed E-state index contributed by atoms with van der Waals surface area (Å²) in [4.78, 5) is 10.9. The Morgan fingerprint density at radius 3 is 2.71 bits per heavy atom. The van der Waals surface area contributed by atoms with Gasteiger partial charge in [-0.05, 0) is 12.0 Å². The van der Waals surface area contributed by atoms with Crippen molar-refractivity contribution in [3.8, 4) is 0 Å². The highest BCUT2D eigenvalue weighted by atomic mass is 16.5. The van der Waals surface area contributed by atoms with Gasteiger partial charge in [0.25, 0.3) is 0 Å². The van der Waals surface area contributed by atoms with Crippen LogP contribution in [0.15, 0.2) is 55.3 Å². The van der Waals surface area contributed by atoms with Gasteiger partial charge in [-0.2, -0.15) is 0 Å². The monoisotopic (exact) mass is 188 g/mol. The van der Waals surface area contributed by atoms with E-state index in [1.807, 2.05) is 30.3 Å². The maximum absolute atomic E-state index is 10.9. The number of rotatable bonds is 4. The van der Waals surface area contributed by atoms with E-state index in [2.05, 4.69) is 11.3 Å². The van der Waals surface area contributed by atoms with Crippen molar-refractivity contribution in [3.05, 3.63) is 60.9 Å². The van der Waals surface area contributed by atoms with Gasteiger partial charge < -0.3 is 4.74 Å².